The van der Waals surface area contributed by atoms with Crippen LogP contribution in [0.5, 0.6) is 0 Å². The normalized spacial score (nSPS) is 11.4. The maximum absolute atomic E-state index is 13.7. The van der Waals surface area contributed by atoms with Gasteiger partial charge in [0.25, 0.3) is 5.91 Å². The largest absolute Gasteiger partial charge is 0.309 e. The van der Waals surface area contributed by atoms with Gasteiger partial charge < -0.3 is 4.90 Å². The second-order valence-electron chi connectivity index (χ2n) is 7.61. The van der Waals surface area contributed by atoms with Gasteiger partial charge in [0.05, 0.1) is 33.4 Å². The van der Waals surface area contributed by atoms with Gasteiger partial charge in [0.2, 0.25) is 0 Å². The van der Waals surface area contributed by atoms with Crippen molar-refractivity contribution in [1.29, 1.82) is 0 Å². The Morgan fingerprint density at radius 3 is 2.65 bits per heavy atom. The molecule has 2 aromatic heterocycles. The second-order valence-corrected chi connectivity index (χ2v) is 8.62. The molecule has 0 N–H and O–H groups in total. The molecule has 2 heterocycles. The number of halogens is 1. The molecule has 0 unspecified atom stereocenters. The first kappa shape index (κ1) is 21.1. The average Bonchev–Trinajstić information content (AvgIpc) is 3.34. The number of para-hydroxylation sites is 1. The number of carbonyl (C=O) groups is 1. The zero-order valence-corrected chi connectivity index (χ0v) is 18.6. The third-order valence-corrected chi connectivity index (χ3v) is 6.08. The van der Waals surface area contributed by atoms with E-state index in [2.05, 4.69) is 15.0 Å². The minimum Gasteiger partial charge on any atom is -0.309 e. The van der Waals surface area contributed by atoms with Crippen LogP contribution in [0.25, 0.3) is 15.9 Å². The van der Waals surface area contributed by atoms with Gasteiger partial charge in [0.15, 0.2) is 5.13 Å². The number of hydrogen-bond acceptors (Lipinski definition) is 5. The molecule has 31 heavy (non-hydrogen) atoms. The zero-order valence-electron chi connectivity index (χ0n) is 17.7. The van der Waals surface area contributed by atoms with Crippen molar-refractivity contribution in [1.82, 2.24) is 19.7 Å². The number of benzene rings is 2. The van der Waals surface area contributed by atoms with Gasteiger partial charge in [-0.15, -0.1) is 0 Å². The van der Waals surface area contributed by atoms with Gasteiger partial charge in [0, 0.05) is 6.54 Å². The first-order chi connectivity index (χ1) is 14.9. The van der Waals surface area contributed by atoms with Crippen molar-refractivity contribution in [3.8, 4) is 5.69 Å². The molecule has 0 aliphatic carbocycles. The summed E-state index contributed by atoms with van der Waals surface area (Å²) in [5.74, 6) is -0.467. The molecule has 0 radical (unpaired) electrons. The third-order valence-electron chi connectivity index (χ3n) is 5.04. The molecule has 1 amide bonds. The molecule has 0 saturated heterocycles. The summed E-state index contributed by atoms with van der Waals surface area (Å²) in [4.78, 5) is 22.0. The van der Waals surface area contributed by atoms with Crippen molar-refractivity contribution in [3.05, 3.63) is 71.8 Å². The number of aromatic nitrogens is 3. The van der Waals surface area contributed by atoms with E-state index in [9.17, 15) is 9.18 Å². The average molecular weight is 438 g/mol. The Hall–Kier alpha value is -3.10. The number of nitrogens with zero attached hydrogens (tertiary/aromatic N) is 5. The molecule has 4 aromatic rings. The summed E-state index contributed by atoms with van der Waals surface area (Å²) in [6.45, 7) is 3.24. The lowest BCUT2D eigenvalue weighted by Crippen LogP contribution is -2.33. The van der Waals surface area contributed by atoms with Crippen LogP contribution in [0.15, 0.2) is 54.7 Å². The first-order valence-electron chi connectivity index (χ1n) is 10.1. The summed E-state index contributed by atoms with van der Waals surface area (Å²) in [5.41, 5.74) is 2.87. The summed E-state index contributed by atoms with van der Waals surface area (Å²) in [7, 11) is 4.00. The van der Waals surface area contributed by atoms with Gasteiger partial charge in [-0.2, -0.15) is 5.10 Å². The van der Waals surface area contributed by atoms with Crippen LogP contribution in [0.3, 0.4) is 0 Å². The number of anilines is 1. The van der Waals surface area contributed by atoms with Gasteiger partial charge in [0.1, 0.15) is 5.82 Å². The number of amides is 1. The van der Waals surface area contributed by atoms with Crippen LogP contribution in [0, 0.1) is 12.7 Å². The Morgan fingerprint density at radius 1 is 1.13 bits per heavy atom. The lowest BCUT2D eigenvalue weighted by atomic mass is 10.2. The fourth-order valence-electron chi connectivity index (χ4n) is 3.43. The molecule has 0 aliphatic heterocycles. The van der Waals surface area contributed by atoms with Crippen LogP contribution in [0.2, 0.25) is 0 Å². The molecule has 0 aliphatic rings. The molecule has 0 spiro atoms. The molecule has 6 nitrogen and oxygen atoms in total. The topological polar surface area (TPSA) is 54.3 Å². The van der Waals surface area contributed by atoms with E-state index in [1.807, 2.05) is 51.4 Å². The fraction of sp³-hybridized carbons (Fsp3) is 0.261. The molecule has 0 saturated carbocycles. The van der Waals surface area contributed by atoms with E-state index in [0.717, 1.165) is 29.0 Å². The highest BCUT2D eigenvalue weighted by Gasteiger charge is 2.25. The predicted octanol–water partition coefficient (Wildman–Crippen LogP) is 4.53. The molecular weight excluding hydrogens is 413 g/mol. The number of hydrogen-bond donors (Lipinski definition) is 0. The smallest absolute Gasteiger partial charge is 0.263 e. The van der Waals surface area contributed by atoms with Gasteiger partial charge in [-0.1, -0.05) is 29.5 Å². The molecule has 4 rings (SSSR count). The molecule has 0 atom stereocenters. The van der Waals surface area contributed by atoms with Gasteiger partial charge in [-0.25, -0.2) is 14.1 Å². The highest BCUT2D eigenvalue weighted by molar-refractivity contribution is 7.22. The van der Waals surface area contributed by atoms with E-state index >= 15 is 0 Å². The van der Waals surface area contributed by atoms with E-state index < -0.39 is 0 Å². The SMILES string of the molecule is Cc1c(C(=O)N(CCCN(C)C)c2nc3ccc(F)cc3s2)cnn1-c1ccccc1. The van der Waals surface area contributed by atoms with Gasteiger partial charge in [-0.3, -0.25) is 9.69 Å². The number of rotatable bonds is 7. The Balaban J connectivity index is 1.69. The van der Waals surface area contributed by atoms with Crippen LogP contribution in [-0.2, 0) is 0 Å². The summed E-state index contributed by atoms with van der Waals surface area (Å²) in [6.07, 6.45) is 2.39. The van der Waals surface area contributed by atoms with Crippen LogP contribution < -0.4 is 4.90 Å². The summed E-state index contributed by atoms with van der Waals surface area (Å²) in [5, 5.41) is 5.01. The van der Waals surface area contributed by atoms with Crippen molar-refractivity contribution in [3.63, 3.8) is 0 Å². The van der Waals surface area contributed by atoms with Crippen LogP contribution in [0.4, 0.5) is 9.52 Å². The third kappa shape index (κ3) is 4.50. The van der Waals surface area contributed by atoms with E-state index in [4.69, 9.17) is 0 Å². The maximum atomic E-state index is 13.7. The van der Waals surface area contributed by atoms with Crippen molar-refractivity contribution in [2.45, 2.75) is 13.3 Å². The van der Waals surface area contributed by atoms with Crippen LogP contribution >= 0.6 is 11.3 Å². The van der Waals surface area contributed by atoms with Gasteiger partial charge >= 0.3 is 0 Å². The lowest BCUT2D eigenvalue weighted by Gasteiger charge is -2.21. The molecule has 0 bridgehead atoms. The number of fused-ring (bicyclic) bond motifs is 1. The lowest BCUT2D eigenvalue weighted by molar-refractivity contribution is 0.0985. The number of carbonyl (C=O) groups excluding carboxylic acids is 1. The van der Waals surface area contributed by atoms with Gasteiger partial charge in [-0.05, 0) is 64.3 Å². The van der Waals surface area contributed by atoms with E-state index in [1.54, 1.807) is 21.8 Å². The van der Waals surface area contributed by atoms with E-state index in [0.29, 0.717) is 22.8 Å². The standard InChI is InChI=1S/C23H24FN5OS/c1-16-19(15-25-29(16)18-8-5-4-6-9-18)22(30)28(13-7-12-27(2)3)23-26-20-11-10-17(24)14-21(20)31-23/h4-6,8-11,14-15H,7,12-13H2,1-3H3. The zero-order chi connectivity index (χ0) is 22.0. The fourth-order valence-corrected chi connectivity index (χ4v) is 4.44. The molecule has 0 fully saturated rings. The van der Waals surface area contributed by atoms with Crippen molar-refractivity contribution in [2.24, 2.45) is 0 Å². The monoisotopic (exact) mass is 437 g/mol. The summed E-state index contributed by atoms with van der Waals surface area (Å²) in [6, 6.07) is 14.2. The highest BCUT2D eigenvalue weighted by Crippen LogP contribution is 2.31. The maximum Gasteiger partial charge on any atom is 0.263 e. The van der Waals surface area contributed by atoms with Crippen LogP contribution in [0.1, 0.15) is 22.5 Å². The molecule has 160 valence electrons. The van der Waals surface area contributed by atoms with E-state index in [1.165, 1.54) is 23.5 Å². The van der Waals surface area contributed by atoms with Crippen molar-refractivity contribution >= 4 is 32.6 Å². The van der Waals surface area contributed by atoms with E-state index in [-0.39, 0.29) is 11.7 Å². The van der Waals surface area contributed by atoms with Crippen molar-refractivity contribution in [2.75, 3.05) is 32.1 Å². The number of thiazole rings is 1. The quantitative estimate of drug-likeness (QED) is 0.426. The Morgan fingerprint density at radius 2 is 1.90 bits per heavy atom. The highest BCUT2D eigenvalue weighted by atomic mass is 32.1. The molecule has 8 heteroatoms. The second kappa shape index (κ2) is 8.95. The van der Waals surface area contributed by atoms with Crippen molar-refractivity contribution < 1.29 is 9.18 Å². The minimum atomic E-state index is -0.312. The molecule has 2 aromatic carbocycles. The summed E-state index contributed by atoms with van der Waals surface area (Å²) >= 11 is 1.32. The minimum absolute atomic E-state index is 0.155. The Bertz CT molecular complexity index is 1200. The molecular formula is C23H24FN5OS. The summed E-state index contributed by atoms with van der Waals surface area (Å²) < 4.78 is 16.1. The van der Waals surface area contributed by atoms with Crippen LogP contribution in [-0.4, -0.2) is 52.8 Å². The Kier molecular flexibility index (Phi) is 6.11. The Labute approximate surface area is 184 Å². The first-order valence-corrected chi connectivity index (χ1v) is 10.9. The predicted molar refractivity (Wildman–Crippen MR) is 123 cm³/mol.